The first-order valence-corrected chi connectivity index (χ1v) is 34.9. The van der Waals surface area contributed by atoms with Crippen LogP contribution in [0.25, 0.3) is 0 Å². The first kappa shape index (κ1) is 78.4. The van der Waals surface area contributed by atoms with E-state index in [4.69, 9.17) is 13.8 Å². The van der Waals surface area contributed by atoms with E-state index in [9.17, 15) is 19.0 Å². The molecule has 0 aliphatic rings. The highest BCUT2D eigenvalue weighted by Crippen LogP contribution is 2.43. The van der Waals surface area contributed by atoms with Crippen LogP contribution in [0.15, 0.2) is 122 Å². The maximum Gasteiger partial charge on any atom is 0.472 e. The van der Waals surface area contributed by atoms with Crippen molar-refractivity contribution in [1.82, 2.24) is 5.32 Å². The standard InChI is InChI=1S/C72H125N2O7P/c1-7-10-13-16-19-22-25-28-30-32-34-36-37-39-41-43-45-47-50-53-56-59-62-65-72(76)81-70(63-60-57-54-51-48-27-24-21-18-15-12-9-3)69(68-80-82(77,78)79-67-66-74(4,5)6)73-71(75)64-61-58-55-52-49-46-44-42-40-38-35-33-31-29-26-23-20-17-14-11-8-2/h11,14,19-20,22-23,28-31,34-36,38,42,44,49,52,60,63,69-70H,7-10,12-13,15-18,21,24-27,32-33,37,39-41,43,45-48,50-51,53-59,61-62,64-68H2,1-6H3,(H-,73,75,77,78)/p+1/b14-11-,22-19-,23-20-,30-28-,31-29-,36-34-,38-35-,44-42-,52-49-,63-60+. The zero-order valence-corrected chi connectivity index (χ0v) is 54.6. The number of nitrogens with one attached hydrogen (secondary N) is 1. The van der Waals surface area contributed by atoms with Crippen molar-refractivity contribution in [3.8, 4) is 0 Å². The number of quaternary nitrogens is 1. The fraction of sp³-hybridized carbons (Fsp3) is 0.694. The summed E-state index contributed by atoms with van der Waals surface area (Å²) < 4.78 is 30.7. The molecule has 0 heterocycles. The van der Waals surface area contributed by atoms with Crippen molar-refractivity contribution in [2.24, 2.45) is 0 Å². The second-order valence-corrected chi connectivity index (χ2v) is 24.7. The van der Waals surface area contributed by atoms with E-state index < -0.39 is 20.0 Å². The van der Waals surface area contributed by atoms with Crippen molar-refractivity contribution in [1.29, 1.82) is 0 Å². The Hall–Kier alpha value is -3.59. The maximum atomic E-state index is 13.6. The van der Waals surface area contributed by atoms with Crippen LogP contribution >= 0.6 is 7.82 Å². The molecular formula is C72H126N2O7P+. The third-order valence-corrected chi connectivity index (χ3v) is 15.1. The summed E-state index contributed by atoms with van der Waals surface area (Å²) in [5.41, 5.74) is 0. The van der Waals surface area contributed by atoms with Crippen LogP contribution in [0.4, 0.5) is 0 Å². The average molecular weight is 1160 g/mol. The minimum atomic E-state index is -4.47. The molecule has 0 spiro atoms. The van der Waals surface area contributed by atoms with Crippen LogP contribution in [0.2, 0.25) is 0 Å². The first-order valence-electron chi connectivity index (χ1n) is 33.4. The van der Waals surface area contributed by atoms with Crippen LogP contribution in [-0.4, -0.2) is 74.3 Å². The lowest BCUT2D eigenvalue weighted by Crippen LogP contribution is -2.47. The number of esters is 1. The molecule has 0 rings (SSSR count). The Balaban J connectivity index is 5.25. The highest BCUT2D eigenvalue weighted by Gasteiger charge is 2.30. The van der Waals surface area contributed by atoms with Crippen molar-refractivity contribution in [2.75, 3.05) is 40.9 Å². The molecule has 2 N–H and O–H groups in total. The van der Waals surface area contributed by atoms with Crippen molar-refractivity contribution < 1.29 is 37.3 Å². The minimum absolute atomic E-state index is 0.0248. The van der Waals surface area contributed by atoms with Gasteiger partial charge in [0.2, 0.25) is 5.91 Å². The molecule has 0 radical (unpaired) electrons. The van der Waals surface area contributed by atoms with Crippen molar-refractivity contribution >= 4 is 19.7 Å². The number of ether oxygens (including phenoxy) is 1. The smallest absolute Gasteiger partial charge is 0.456 e. The number of amides is 1. The molecule has 10 heteroatoms. The number of likely N-dealkylation sites (N-methyl/N-ethyl adjacent to an activating group) is 1. The molecule has 470 valence electrons. The number of carbonyl (C=O) groups is 2. The van der Waals surface area contributed by atoms with E-state index in [0.29, 0.717) is 17.4 Å². The van der Waals surface area contributed by atoms with E-state index in [1.165, 1.54) is 116 Å². The quantitative estimate of drug-likeness (QED) is 0.0205. The SMILES string of the molecule is CC/C=C\C/C=C\C/C=C\C/C=C\C/C=C\C/C=C\CCCCC(=O)NC(COP(=O)(O)OCC[N+](C)(C)C)C(/C=C/CCCCCCCCCCCC)OC(=O)CCCCCCCCCCCC/C=C\C/C=C\C/C=C\CCCCC. The second-order valence-electron chi connectivity index (χ2n) is 23.3. The topological polar surface area (TPSA) is 111 Å². The van der Waals surface area contributed by atoms with Gasteiger partial charge in [0.1, 0.15) is 19.3 Å². The molecule has 0 saturated heterocycles. The fourth-order valence-electron chi connectivity index (χ4n) is 9.01. The predicted molar refractivity (Wildman–Crippen MR) is 355 cm³/mol. The van der Waals surface area contributed by atoms with Gasteiger partial charge < -0.3 is 19.4 Å². The number of hydrogen-bond donors (Lipinski definition) is 2. The number of phosphoric ester groups is 1. The predicted octanol–water partition coefficient (Wildman–Crippen LogP) is 21.1. The van der Waals surface area contributed by atoms with Crippen LogP contribution in [-0.2, 0) is 27.9 Å². The lowest BCUT2D eigenvalue weighted by molar-refractivity contribution is -0.870. The van der Waals surface area contributed by atoms with E-state index in [1.54, 1.807) is 0 Å². The summed E-state index contributed by atoms with van der Waals surface area (Å²) >= 11 is 0. The van der Waals surface area contributed by atoms with Crippen LogP contribution in [0, 0.1) is 0 Å². The number of allylic oxidation sites excluding steroid dienone is 19. The van der Waals surface area contributed by atoms with Gasteiger partial charge in [-0.3, -0.25) is 18.6 Å². The Morgan fingerprint density at radius 2 is 0.780 bits per heavy atom. The number of hydrogen-bond acceptors (Lipinski definition) is 6. The summed E-state index contributed by atoms with van der Waals surface area (Å²) in [6.45, 7) is 6.83. The number of rotatable bonds is 59. The number of unbranched alkanes of at least 4 members (excludes halogenated alkanes) is 25. The summed E-state index contributed by atoms with van der Waals surface area (Å²) in [5.74, 6) is -0.565. The average Bonchev–Trinajstić information content (AvgIpc) is 3.44. The van der Waals surface area contributed by atoms with Gasteiger partial charge in [0.05, 0.1) is 33.8 Å². The molecule has 3 atom stereocenters. The summed E-state index contributed by atoms with van der Waals surface area (Å²) in [4.78, 5) is 37.8. The third kappa shape index (κ3) is 61.0. The lowest BCUT2D eigenvalue weighted by atomic mass is 10.0. The van der Waals surface area contributed by atoms with E-state index >= 15 is 0 Å². The number of nitrogens with zero attached hydrogens (tertiary/aromatic N) is 1. The molecule has 0 saturated carbocycles. The van der Waals surface area contributed by atoms with Gasteiger partial charge in [-0.2, -0.15) is 0 Å². The molecule has 0 bridgehead atoms. The molecule has 0 aromatic carbocycles. The molecule has 0 aliphatic carbocycles. The Labute approximate surface area is 505 Å². The van der Waals surface area contributed by atoms with Crippen LogP contribution in [0.5, 0.6) is 0 Å². The van der Waals surface area contributed by atoms with Gasteiger partial charge in [0.15, 0.2) is 0 Å². The Kier molecular flexibility index (Phi) is 57.9. The highest BCUT2D eigenvalue weighted by molar-refractivity contribution is 7.47. The summed E-state index contributed by atoms with van der Waals surface area (Å²) in [6, 6.07) is -0.882. The highest BCUT2D eigenvalue weighted by atomic mass is 31.2. The summed E-state index contributed by atoms with van der Waals surface area (Å²) in [7, 11) is 1.45. The van der Waals surface area contributed by atoms with Crippen LogP contribution in [0.1, 0.15) is 271 Å². The van der Waals surface area contributed by atoms with Gasteiger partial charge in [0.25, 0.3) is 0 Å². The molecule has 9 nitrogen and oxygen atoms in total. The Morgan fingerprint density at radius 1 is 0.439 bits per heavy atom. The Bertz CT molecular complexity index is 1820. The molecule has 82 heavy (non-hydrogen) atoms. The van der Waals surface area contributed by atoms with E-state index in [0.717, 1.165) is 116 Å². The van der Waals surface area contributed by atoms with E-state index in [2.05, 4.69) is 135 Å². The van der Waals surface area contributed by atoms with E-state index in [-0.39, 0.29) is 37.9 Å². The number of phosphoric acid groups is 1. The van der Waals surface area contributed by atoms with E-state index in [1.807, 2.05) is 33.3 Å². The van der Waals surface area contributed by atoms with Gasteiger partial charge in [-0.05, 0) is 122 Å². The van der Waals surface area contributed by atoms with Crippen molar-refractivity contribution in [2.45, 2.75) is 283 Å². The second kappa shape index (κ2) is 60.5. The molecular weight excluding hydrogens is 1040 g/mol. The Morgan fingerprint density at radius 3 is 1.21 bits per heavy atom. The molecule has 3 unspecified atom stereocenters. The first-order chi connectivity index (χ1) is 39.9. The largest absolute Gasteiger partial charge is 0.472 e. The lowest BCUT2D eigenvalue weighted by Gasteiger charge is -2.27. The molecule has 0 aliphatic heterocycles. The molecule has 1 amide bonds. The van der Waals surface area contributed by atoms with Gasteiger partial charge >= 0.3 is 13.8 Å². The number of carbonyl (C=O) groups excluding carboxylic acids is 2. The van der Waals surface area contributed by atoms with Gasteiger partial charge in [-0.1, -0.05) is 258 Å². The van der Waals surface area contributed by atoms with Crippen molar-refractivity contribution in [3.05, 3.63) is 122 Å². The zero-order valence-electron chi connectivity index (χ0n) is 53.7. The van der Waals surface area contributed by atoms with Crippen LogP contribution in [0.3, 0.4) is 0 Å². The summed E-state index contributed by atoms with van der Waals surface area (Å²) in [6.07, 6.45) is 84.9. The minimum Gasteiger partial charge on any atom is -0.456 e. The van der Waals surface area contributed by atoms with Crippen molar-refractivity contribution in [3.63, 3.8) is 0 Å². The van der Waals surface area contributed by atoms with Gasteiger partial charge in [-0.25, -0.2) is 4.57 Å². The molecule has 0 fully saturated rings. The van der Waals surface area contributed by atoms with Crippen LogP contribution < -0.4 is 5.32 Å². The maximum absolute atomic E-state index is 13.6. The zero-order chi connectivity index (χ0) is 60.0. The molecule has 0 aromatic heterocycles. The molecule has 0 aromatic rings. The monoisotopic (exact) mass is 1160 g/mol. The van der Waals surface area contributed by atoms with Gasteiger partial charge in [-0.15, -0.1) is 0 Å². The normalized spacial score (nSPS) is 14.4. The fourth-order valence-corrected chi connectivity index (χ4v) is 9.74. The third-order valence-electron chi connectivity index (χ3n) is 14.1. The van der Waals surface area contributed by atoms with Gasteiger partial charge in [0, 0.05) is 12.8 Å². The summed E-state index contributed by atoms with van der Waals surface area (Å²) in [5, 5.41) is 3.03.